The lowest BCUT2D eigenvalue weighted by Gasteiger charge is -2.18. The van der Waals surface area contributed by atoms with Crippen LogP contribution in [0.2, 0.25) is 0 Å². The van der Waals surface area contributed by atoms with Gasteiger partial charge in [0, 0.05) is 20.6 Å². The van der Waals surface area contributed by atoms with Crippen LogP contribution in [0.5, 0.6) is 0 Å². The summed E-state index contributed by atoms with van der Waals surface area (Å²) in [5.41, 5.74) is 0. The highest BCUT2D eigenvalue weighted by Gasteiger charge is 2.23. The summed E-state index contributed by atoms with van der Waals surface area (Å²) in [5, 5.41) is 0. The van der Waals surface area contributed by atoms with Crippen LogP contribution in [0.15, 0.2) is 0 Å². The molecule has 0 nitrogen and oxygen atoms in total. The Morgan fingerprint density at radius 3 is 1.15 bits per heavy atom. The standard InChI is InChI=1S/C18H40P.HI/c1-5-7-9-11-13-15-17-19(3,4)18-16-14-12-10-8-6-2;/h5-18H2,1-4H3;1H/q+1;/p-1. The van der Waals surface area contributed by atoms with E-state index >= 15 is 0 Å². The molecule has 0 saturated carbocycles. The number of halogens is 1. The van der Waals surface area contributed by atoms with Crippen LogP contribution in [0.25, 0.3) is 0 Å². The van der Waals surface area contributed by atoms with Crippen LogP contribution in [0.1, 0.15) is 90.9 Å². The fourth-order valence-electron chi connectivity index (χ4n) is 2.75. The average molecular weight is 414 g/mol. The number of unbranched alkanes of at least 4 members (excludes halogenated alkanes) is 10. The molecular formula is C18H40IP. The van der Waals surface area contributed by atoms with Gasteiger partial charge in [-0.2, -0.15) is 0 Å². The lowest BCUT2D eigenvalue weighted by Crippen LogP contribution is -3.00. The zero-order valence-electron chi connectivity index (χ0n) is 14.7. The normalized spacial score (nSPS) is 11.4. The van der Waals surface area contributed by atoms with Gasteiger partial charge in [0.1, 0.15) is 0 Å². The summed E-state index contributed by atoms with van der Waals surface area (Å²) in [7, 11) is -0.554. The number of hydrogen-bond acceptors (Lipinski definition) is 0. The molecule has 0 bridgehead atoms. The van der Waals surface area contributed by atoms with Gasteiger partial charge in [-0.3, -0.25) is 0 Å². The molecule has 0 aromatic rings. The first-order valence-corrected chi connectivity index (χ1v) is 12.0. The first-order valence-electron chi connectivity index (χ1n) is 8.94. The second-order valence-corrected chi connectivity index (χ2v) is 11.7. The molecule has 20 heavy (non-hydrogen) atoms. The van der Waals surface area contributed by atoms with Crippen LogP contribution < -0.4 is 24.0 Å². The summed E-state index contributed by atoms with van der Waals surface area (Å²) >= 11 is 0. The average Bonchev–Trinajstić information content (AvgIpc) is 2.38. The van der Waals surface area contributed by atoms with E-state index in [0.717, 1.165) is 0 Å². The van der Waals surface area contributed by atoms with E-state index in [2.05, 4.69) is 27.2 Å². The maximum atomic E-state index is 2.59. The second-order valence-electron chi connectivity index (χ2n) is 6.92. The van der Waals surface area contributed by atoms with Gasteiger partial charge in [-0.15, -0.1) is 0 Å². The molecule has 0 atom stereocenters. The van der Waals surface area contributed by atoms with Gasteiger partial charge in [-0.25, -0.2) is 0 Å². The van der Waals surface area contributed by atoms with Gasteiger partial charge in [0.25, 0.3) is 0 Å². The molecule has 0 heterocycles. The van der Waals surface area contributed by atoms with Crippen LogP contribution in [0.3, 0.4) is 0 Å². The van der Waals surface area contributed by atoms with Crippen molar-refractivity contribution in [3.05, 3.63) is 0 Å². The van der Waals surface area contributed by atoms with Crippen LogP contribution >= 0.6 is 7.26 Å². The monoisotopic (exact) mass is 414 g/mol. The lowest BCUT2D eigenvalue weighted by molar-refractivity contribution is -0.00000453. The maximum Gasteiger partial charge on any atom is 0.0589 e. The molecule has 0 aliphatic carbocycles. The largest absolute Gasteiger partial charge is 1.00 e. The minimum Gasteiger partial charge on any atom is -1.00 e. The third kappa shape index (κ3) is 17.2. The van der Waals surface area contributed by atoms with E-state index < -0.39 is 7.26 Å². The first kappa shape index (κ1) is 23.4. The van der Waals surface area contributed by atoms with E-state index in [1.54, 1.807) is 12.3 Å². The van der Waals surface area contributed by atoms with E-state index in [0.29, 0.717) is 0 Å². The van der Waals surface area contributed by atoms with E-state index in [9.17, 15) is 0 Å². The van der Waals surface area contributed by atoms with Gasteiger partial charge >= 0.3 is 0 Å². The fourth-order valence-corrected chi connectivity index (χ4v) is 5.14. The minimum atomic E-state index is -0.554. The van der Waals surface area contributed by atoms with Crippen LogP contribution in [-0.2, 0) is 0 Å². The fraction of sp³-hybridized carbons (Fsp3) is 1.00. The Morgan fingerprint density at radius 2 is 0.800 bits per heavy atom. The molecular weight excluding hydrogens is 374 g/mol. The van der Waals surface area contributed by atoms with Crippen molar-refractivity contribution >= 4 is 7.26 Å². The van der Waals surface area contributed by atoms with Crippen LogP contribution in [-0.4, -0.2) is 25.7 Å². The Hall–Kier alpha value is 1.16. The number of hydrogen-bond donors (Lipinski definition) is 0. The zero-order valence-corrected chi connectivity index (χ0v) is 17.8. The van der Waals surface area contributed by atoms with Gasteiger partial charge in [-0.05, 0) is 25.7 Å². The lowest BCUT2D eigenvalue weighted by atomic mass is 10.1. The molecule has 124 valence electrons. The van der Waals surface area contributed by atoms with E-state index in [-0.39, 0.29) is 24.0 Å². The Kier molecular flexibility index (Phi) is 19.4. The smallest absolute Gasteiger partial charge is 0.0589 e. The molecule has 0 aliphatic heterocycles. The summed E-state index contributed by atoms with van der Waals surface area (Å²) in [4.78, 5) is 0. The van der Waals surface area contributed by atoms with Gasteiger partial charge < -0.3 is 24.0 Å². The molecule has 0 spiro atoms. The third-order valence-electron chi connectivity index (χ3n) is 4.23. The van der Waals surface area contributed by atoms with Gasteiger partial charge in [-0.1, -0.05) is 65.2 Å². The molecule has 0 aromatic heterocycles. The molecule has 0 N–H and O–H groups in total. The van der Waals surface area contributed by atoms with Crippen molar-refractivity contribution < 1.29 is 24.0 Å². The third-order valence-corrected chi connectivity index (χ3v) is 7.29. The Labute approximate surface area is 147 Å². The van der Waals surface area contributed by atoms with E-state index in [1.807, 2.05) is 0 Å². The highest BCUT2D eigenvalue weighted by molar-refractivity contribution is 7.74. The highest BCUT2D eigenvalue weighted by Crippen LogP contribution is 2.52. The van der Waals surface area contributed by atoms with Crippen molar-refractivity contribution in [2.24, 2.45) is 0 Å². The molecule has 2 heteroatoms. The summed E-state index contributed by atoms with van der Waals surface area (Å²) < 4.78 is 0. The Bertz CT molecular complexity index is 162. The zero-order chi connectivity index (χ0) is 14.4. The Balaban J connectivity index is 0. The highest BCUT2D eigenvalue weighted by atomic mass is 127. The Morgan fingerprint density at radius 1 is 0.500 bits per heavy atom. The number of rotatable bonds is 14. The topological polar surface area (TPSA) is 0 Å². The van der Waals surface area contributed by atoms with Crippen molar-refractivity contribution in [1.29, 1.82) is 0 Å². The molecule has 0 fully saturated rings. The van der Waals surface area contributed by atoms with Crippen LogP contribution in [0, 0.1) is 0 Å². The van der Waals surface area contributed by atoms with Gasteiger partial charge in [0.05, 0.1) is 12.3 Å². The predicted octanol–water partition coefficient (Wildman–Crippen LogP) is 3.99. The first-order chi connectivity index (χ1) is 9.12. The molecule has 0 unspecified atom stereocenters. The quantitative estimate of drug-likeness (QED) is 0.229. The molecule has 0 aromatic carbocycles. The maximum absolute atomic E-state index is 2.59. The van der Waals surface area contributed by atoms with Crippen molar-refractivity contribution in [2.75, 3.05) is 25.7 Å². The van der Waals surface area contributed by atoms with Crippen LogP contribution in [0.4, 0.5) is 0 Å². The van der Waals surface area contributed by atoms with Crippen molar-refractivity contribution in [1.82, 2.24) is 0 Å². The SMILES string of the molecule is CCCCCCCC[P+](C)(C)CCCCCCCC.[I-]. The second kappa shape index (κ2) is 16.5. The van der Waals surface area contributed by atoms with Crippen molar-refractivity contribution in [2.45, 2.75) is 90.9 Å². The molecule has 0 rings (SSSR count). The molecule has 0 radical (unpaired) electrons. The summed E-state index contributed by atoms with van der Waals surface area (Å²) in [6.45, 7) is 9.78. The van der Waals surface area contributed by atoms with Crippen molar-refractivity contribution in [3.8, 4) is 0 Å². The van der Waals surface area contributed by atoms with Gasteiger partial charge in [0.2, 0.25) is 0 Å². The van der Waals surface area contributed by atoms with Gasteiger partial charge in [0.15, 0.2) is 0 Å². The van der Waals surface area contributed by atoms with E-state index in [1.165, 1.54) is 77.0 Å². The molecule has 0 aliphatic rings. The van der Waals surface area contributed by atoms with Crippen molar-refractivity contribution in [3.63, 3.8) is 0 Å². The van der Waals surface area contributed by atoms with E-state index in [4.69, 9.17) is 0 Å². The summed E-state index contributed by atoms with van der Waals surface area (Å²) in [6.07, 6.45) is 20.6. The summed E-state index contributed by atoms with van der Waals surface area (Å²) in [6, 6.07) is 0. The molecule has 0 saturated heterocycles. The predicted molar refractivity (Wildman–Crippen MR) is 95.3 cm³/mol. The minimum absolute atomic E-state index is 0. The summed E-state index contributed by atoms with van der Waals surface area (Å²) in [5.74, 6) is 0. The molecule has 0 amide bonds.